The second kappa shape index (κ2) is 41.2. The third-order valence-corrected chi connectivity index (χ3v) is 12.5. The van der Waals surface area contributed by atoms with Crippen molar-refractivity contribution in [3.63, 3.8) is 0 Å². The molecule has 0 amide bonds. The van der Waals surface area contributed by atoms with Gasteiger partial charge in [-0.15, -0.1) is 0 Å². The van der Waals surface area contributed by atoms with Gasteiger partial charge in [-0.25, -0.2) is 4.79 Å². The molecule has 0 radical (unpaired) electrons. The van der Waals surface area contributed by atoms with Crippen molar-refractivity contribution in [3.05, 3.63) is 0 Å². The highest BCUT2D eigenvalue weighted by Gasteiger charge is 2.46. The van der Waals surface area contributed by atoms with Crippen molar-refractivity contribution in [2.45, 2.75) is 258 Å². The molecule has 352 valence electrons. The van der Waals surface area contributed by atoms with Gasteiger partial charge in [0.2, 0.25) is 0 Å². The first-order valence-electron chi connectivity index (χ1n) is 25.9. The van der Waals surface area contributed by atoms with E-state index in [1.807, 2.05) is 0 Å². The molecule has 1 heterocycles. The van der Waals surface area contributed by atoms with Crippen LogP contribution in [-0.4, -0.2) is 96.5 Å². The van der Waals surface area contributed by atoms with E-state index in [0.29, 0.717) is 6.42 Å². The normalized spacial score (nSPS) is 14.8. The summed E-state index contributed by atoms with van der Waals surface area (Å²) in [5, 5.41) is 10.1. The Morgan fingerprint density at radius 3 is 1.10 bits per heavy atom. The Bertz CT molecular complexity index is 1010. The van der Waals surface area contributed by atoms with Crippen LogP contribution in [0, 0.1) is 0 Å². The van der Waals surface area contributed by atoms with Gasteiger partial charge in [0.1, 0.15) is 12.7 Å². The first kappa shape index (κ1) is 56.2. The molecule has 0 saturated carbocycles. The van der Waals surface area contributed by atoms with Crippen LogP contribution in [0.1, 0.15) is 245 Å². The zero-order valence-corrected chi connectivity index (χ0v) is 39.6. The Labute approximate surface area is 369 Å². The average molecular weight is 849 g/mol. The van der Waals surface area contributed by atoms with E-state index in [-0.39, 0.29) is 6.42 Å². The lowest BCUT2D eigenvalue weighted by atomic mass is 10.1. The number of aliphatic hydroxyl groups is 1. The van der Waals surface area contributed by atoms with Gasteiger partial charge in [-0.2, -0.15) is 0 Å². The molecule has 1 aliphatic heterocycles. The fourth-order valence-electron chi connectivity index (χ4n) is 8.48. The summed E-state index contributed by atoms with van der Waals surface area (Å²) in [7, 11) is 0. The lowest BCUT2D eigenvalue weighted by molar-refractivity contribution is -0.156. The number of hydrogen-bond acceptors (Lipinski definition) is 9. The van der Waals surface area contributed by atoms with E-state index < -0.39 is 42.3 Å². The van der Waals surface area contributed by atoms with Crippen molar-refractivity contribution in [2.24, 2.45) is 0 Å². The fraction of sp³-hybridized carbons (Fsp3) is 0.922. The van der Waals surface area contributed by atoms with E-state index in [9.17, 15) is 24.3 Å². The summed E-state index contributed by atoms with van der Waals surface area (Å²) in [5.41, 5.74) is 0. The molecule has 0 aromatic rings. The molecule has 0 bridgehead atoms. The molecule has 2 atom stereocenters. The van der Waals surface area contributed by atoms with Gasteiger partial charge in [0.05, 0.1) is 0 Å². The van der Waals surface area contributed by atoms with Crippen LogP contribution in [0.2, 0.25) is 0 Å². The van der Waals surface area contributed by atoms with E-state index >= 15 is 0 Å². The molecule has 2 unspecified atom stereocenters. The minimum atomic E-state index is -1.59. The van der Waals surface area contributed by atoms with Gasteiger partial charge in [0.15, 0.2) is 6.10 Å². The quantitative estimate of drug-likeness (QED) is 0.0363. The topological polar surface area (TPSA) is 113 Å². The number of carbonyl (C=O) groups is 4. The second-order valence-electron chi connectivity index (χ2n) is 18.2. The van der Waals surface area contributed by atoms with E-state index in [4.69, 9.17) is 4.74 Å². The highest BCUT2D eigenvalue weighted by atomic mass is 16.6. The highest BCUT2D eigenvalue weighted by molar-refractivity contribution is 6.65. The molecule has 9 nitrogen and oxygen atoms in total. The largest absolute Gasteiger partial charge is 0.463 e. The predicted octanol–water partition coefficient (Wildman–Crippen LogP) is 12.3. The maximum Gasteiger partial charge on any atom is 0.383 e. The van der Waals surface area contributed by atoms with Crippen molar-refractivity contribution in [3.8, 4) is 0 Å². The molecule has 0 spiro atoms. The summed E-state index contributed by atoms with van der Waals surface area (Å²) in [5.74, 6) is -4.12. The molecular formula is C51H96N2O7. The summed E-state index contributed by atoms with van der Waals surface area (Å²) >= 11 is 0. The van der Waals surface area contributed by atoms with E-state index in [2.05, 4.69) is 35.3 Å². The number of ether oxygens (including phenoxy) is 2. The molecule has 0 aromatic carbocycles. The Hall–Kier alpha value is -1.84. The van der Waals surface area contributed by atoms with E-state index in [0.717, 1.165) is 32.5 Å². The number of esters is 2. The number of nitrogens with zero attached hydrogens (tertiary/aromatic N) is 2. The molecule has 60 heavy (non-hydrogen) atoms. The summed E-state index contributed by atoms with van der Waals surface area (Å²) in [6.45, 7) is 13.3. The smallest absolute Gasteiger partial charge is 0.383 e. The van der Waals surface area contributed by atoms with Crippen LogP contribution < -0.4 is 0 Å². The predicted molar refractivity (Wildman–Crippen MR) is 248 cm³/mol. The third-order valence-electron chi connectivity index (χ3n) is 12.5. The number of unbranched alkanes of at least 4 members (excludes halogenated alkanes) is 29. The van der Waals surface area contributed by atoms with Gasteiger partial charge >= 0.3 is 17.7 Å². The Balaban J connectivity index is 2.54. The van der Waals surface area contributed by atoms with Gasteiger partial charge < -0.3 is 24.4 Å². The van der Waals surface area contributed by atoms with Crippen molar-refractivity contribution in [1.82, 2.24) is 9.80 Å². The molecule has 1 saturated heterocycles. The van der Waals surface area contributed by atoms with Crippen LogP contribution >= 0.6 is 0 Å². The van der Waals surface area contributed by atoms with Crippen molar-refractivity contribution < 1.29 is 33.8 Å². The van der Waals surface area contributed by atoms with E-state index in [1.165, 1.54) is 219 Å². The monoisotopic (exact) mass is 849 g/mol. The summed E-state index contributed by atoms with van der Waals surface area (Å²) in [6.07, 6.45) is 41.9. The lowest BCUT2D eigenvalue weighted by Gasteiger charge is -2.26. The molecule has 0 aliphatic carbocycles. The average Bonchev–Trinajstić information content (AvgIpc) is 3.50. The molecule has 9 heteroatoms. The SMILES string of the molecule is CCCCCCCCCCCCN(CCCCCCCCCCCC)CCCN(CCCCCCCCCCCC)CCCCCC(=O)OCC(O)C1OC(=O)C(=O)C1=O. The minimum absolute atomic E-state index is 0.218. The van der Waals surface area contributed by atoms with Gasteiger partial charge in [-0.1, -0.05) is 201 Å². The molecule has 1 aliphatic rings. The van der Waals surface area contributed by atoms with Crippen LogP contribution in [0.4, 0.5) is 0 Å². The highest BCUT2D eigenvalue weighted by Crippen LogP contribution is 2.16. The number of aliphatic hydroxyl groups excluding tert-OH is 1. The molecular weight excluding hydrogens is 753 g/mol. The molecule has 1 fully saturated rings. The van der Waals surface area contributed by atoms with Crippen molar-refractivity contribution in [1.29, 1.82) is 0 Å². The van der Waals surface area contributed by atoms with Gasteiger partial charge in [0, 0.05) is 6.42 Å². The van der Waals surface area contributed by atoms with Crippen LogP contribution in [0.3, 0.4) is 0 Å². The maximum atomic E-state index is 12.4. The summed E-state index contributed by atoms with van der Waals surface area (Å²) in [6, 6.07) is 0. The van der Waals surface area contributed by atoms with Crippen LogP contribution in [0.5, 0.6) is 0 Å². The van der Waals surface area contributed by atoms with Crippen LogP contribution in [0.15, 0.2) is 0 Å². The first-order chi connectivity index (χ1) is 29.3. The van der Waals surface area contributed by atoms with Crippen molar-refractivity contribution in [2.75, 3.05) is 45.9 Å². The summed E-state index contributed by atoms with van der Waals surface area (Å²) < 4.78 is 9.76. The summed E-state index contributed by atoms with van der Waals surface area (Å²) in [4.78, 5) is 52.3. The number of ketones is 2. The molecule has 0 aromatic heterocycles. The number of rotatable bonds is 46. The minimum Gasteiger partial charge on any atom is -0.463 e. The standard InChI is InChI=1S/C51H96N2O7/c1-4-7-10-13-16-19-22-25-28-33-39-52(40-34-29-26-23-20-17-14-11-8-5-2)43-37-44-53(41-35-30-27-24-21-18-15-12-9-6-3)42-36-31-32-38-47(55)59-45-46(54)50-48(56)49(57)51(58)60-50/h46,50,54H,4-45H2,1-3H3. The zero-order valence-electron chi connectivity index (χ0n) is 39.6. The number of carbonyl (C=O) groups excluding carboxylic acids is 4. The lowest BCUT2D eigenvalue weighted by Crippen LogP contribution is -2.37. The van der Waals surface area contributed by atoms with Gasteiger partial charge in [-0.05, 0) is 77.8 Å². The third kappa shape index (κ3) is 31.9. The number of hydrogen-bond donors (Lipinski definition) is 1. The first-order valence-corrected chi connectivity index (χ1v) is 25.9. The van der Waals surface area contributed by atoms with E-state index in [1.54, 1.807) is 0 Å². The molecule has 1 rings (SSSR count). The zero-order chi connectivity index (χ0) is 43.7. The van der Waals surface area contributed by atoms with Gasteiger partial charge in [0.25, 0.3) is 5.78 Å². The molecule has 1 N–H and O–H groups in total. The number of cyclic esters (lactones) is 1. The Morgan fingerprint density at radius 2 is 0.783 bits per heavy atom. The maximum absolute atomic E-state index is 12.4. The van der Waals surface area contributed by atoms with Crippen LogP contribution in [-0.2, 0) is 28.7 Å². The number of Topliss-reactive ketones (excluding diaryl/α,β-unsaturated/α-hetero) is 2. The van der Waals surface area contributed by atoms with Crippen LogP contribution in [0.25, 0.3) is 0 Å². The van der Waals surface area contributed by atoms with Crippen molar-refractivity contribution >= 4 is 23.5 Å². The fourth-order valence-corrected chi connectivity index (χ4v) is 8.48. The van der Waals surface area contributed by atoms with Gasteiger partial charge in [-0.3, -0.25) is 14.4 Å². The second-order valence-corrected chi connectivity index (χ2v) is 18.2. The Kier molecular flexibility index (Phi) is 38.6. The Morgan fingerprint density at radius 1 is 0.483 bits per heavy atom.